The summed E-state index contributed by atoms with van der Waals surface area (Å²) in [5.74, 6) is -14.2. The molecule has 15 nitrogen and oxygen atoms in total. The molecule has 4 N–H and O–H groups in total. The molecule has 2 aromatic rings. The van der Waals surface area contributed by atoms with E-state index in [0.717, 1.165) is 0 Å². The monoisotopic (exact) mass is 689 g/mol. The normalized spacial score (nSPS) is 21.3. The number of aromatic nitrogens is 3. The number of hydrogen-bond acceptors (Lipinski definition) is 14. The van der Waals surface area contributed by atoms with Crippen LogP contribution in [-0.2, 0) is 46.2 Å². The first-order valence-electron chi connectivity index (χ1n) is 14.4. The Balaban J connectivity index is 1.13. The molecule has 0 unspecified atom stereocenters. The Labute approximate surface area is 264 Å². The molecule has 3 rings (SSSR count). The zero-order valence-electron chi connectivity index (χ0n) is 24.9. The van der Waals surface area contributed by atoms with E-state index in [1.54, 1.807) is 10.9 Å². The topological polar surface area (TPSA) is 193 Å². The fourth-order valence-corrected chi connectivity index (χ4v) is 3.96. The maximum atomic E-state index is 13.5. The molecule has 2 heterocycles. The predicted molar refractivity (Wildman–Crippen MR) is 143 cm³/mol. The van der Waals surface area contributed by atoms with Gasteiger partial charge >= 0.3 is 5.97 Å². The number of benzene rings is 1. The SMILES string of the molecule is O=C(CCOCCOCCOCCOCCn1cc(CCO[C@H]2O[C@H](CO)[C@@H](O)[C@H](O)[C@@H]2O)nn1)Oc1c(F)c(F)c(F)c(F)c1F. The van der Waals surface area contributed by atoms with Crippen molar-refractivity contribution >= 4 is 5.97 Å². The van der Waals surface area contributed by atoms with Crippen molar-refractivity contribution in [3.05, 3.63) is 41.0 Å². The molecule has 1 saturated heterocycles. The fraction of sp³-hybridized carbons (Fsp3) is 0.667. The summed E-state index contributed by atoms with van der Waals surface area (Å²) in [4.78, 5) is 11.6. The maximum Gasteiger partial charge on any atom is 0.313 e. The molecular formula is C27H36F5N3O12. The van der Waals surface area contributed by atoms with Crippen LogP contribution < -0.4 is 4.74 Å². The van der Waals surface area contributed by atoms with Crippen LogP contribution in [0.2, 0.25) is 0 Å². The quantitative estimate of drug-likeness (QED) is 0.0324. The molecule has 0 aliphatic carbocycles. The molecule has 1 aromatic heterocycles. The van der Waals surface area contributed by atoms with E-state index in [4.69, 9.17) is 28.4 Å². The molecule has 0 saturated carbocycles. The van der Waals surface area contributed by atoms with Crippen LogP contribution in [0.25, 0.3) is 0 Å². The van der Waals surface area contributed by atoms with Crippen LogP contribution >= 0.6 is 0 Å². The van der Waals surface area contributed by atoms with E-state index in [1.807, 2.05) is 0 Å². The second-order valence-electron chi connectivity index (χ2n) is 9.86. The molecule has 1 aliphatic heterocycles. The highest BCUT2D eigenvalue weighted by atomic mass is 19.2. The smallest absolute Gasteiger partial charge is 0.313 e. The Hall–Kier alpha value is -2.92. The second-order valence-corrected chi connectivity index (χ2v) is 9.86. The van der Waals surface area contributed by atoms with E-state index in [9.17, 15) is 47.2 Å². The van der Waals surface area contributed by atoms with Crippen molar-refractivity contribution in [1.29, 1.82) is 0 Å². The Morgan fingerprint density at radius 2 is 1.32 bits per heavy atom. The fourth-order valence-electron chi connectivity index (χ4n) is 3.96. The minimum Gasteiger partial charge on any atom is -0.420 e. The second kappa shape index (κ2) is 19.8. The number of hydrogen-bond donors (Lipinski definition) is 4. The summed E-state index contributed by atoms with van der Waals surface area (Å²) in [7, 11) is 0. The summed E-state index contributed by atoms with van der Waals surface area (Å²) >= 11 is 0. The van der Waals surface area contributed by atoms with E-state index in [-0.39, 0.29) is 39.6 Å². The van der Waals surface area contributed by atoms with Crippen molar-refractivity contribution in [3.63, 3.8) is 0 Å². The summed E-state index contributed by atoms with van der Waals surface area (Å²) in [5, 5.41) is 46.8. The number of carbonyl (C=O) groups is 1. The molecule has 266 valence electrons. The van der Waals surface area contributed by atoms with E-state index < -0.39 is 84.5 Å². The largest absolute Gasteiger partial charge is 0.420 e. The minimum atomic E-state index is -2.36. The number of rotatable bonds is 21. The van der Waals surface area contributed by atoms with Crippen molar-refractivity contribution in [2.45, 2.75) is 50.1 Å². The molecule has 1 aliphatic rings. The Kier molecular flexibility index (Phi) is 16.2. The van der Waals surface area contributed by atoms with Gasteiger partial charge in [-0.1, -0.05) is 5.21 Å². The number of aliphatic hydroxyl groups excluding tert-OH is 4. The van der Waals surface area contributed by atoms with Crippen molar-refractivity contribution < 1.29 is 80.3 Å². The minimum absolute atomic E-state index is 0.0498. The van der Waals surface area contributed by atoms with Crippen molar-refractivity contribution in [1.82, 2.24) is 15.0 Å². The molecule has 1 aromatic carbocycles. The van der Waals surface area contributed by atoms with Gasteiger partial charge in [0.15, 0.2) is 6.29 Å². The van der Waals surface area contributed by atoms with Gasteiger partial charge in [-0.3, -0.25) is 4.79 Å². The summed E-state index contributed by atoms with van der Waals surface area (Å²) in [6.45, 7) is 1.29. The third-order valence-electron chi connectivity index (χ3n) is 6.49. The number of carbonyl (C=O) groups excluding carboxylic acids is 1. The highest BCUT2D eigenvalue weighted by Gasteiger charge is 2.44. The van der Waals surface area contributed by atoms with Gasteiger partial charge in [-0.25, -0.2) is 17.9 Å². The lowest BCUT2D eigenvalue weighted by molar-refractivity contribution is -0.300. The lowest BCUT2D eigenvalue weighted by Gasteiger charge is -2.39. The number of nitrogens with zero attached hydrogens (tertiary/aromatic N) is 3. The molecule has 20 heteroatoms. The van der Waals surface area contributed by atoms with Crippen molar-refractivity contribution in [2.24, 2.45) is 0 Å². The van der Waals surface area contributed by atoms with Gasteiger partial charge in [-0.05, 0) is 0 Å². The molecule has 0 amide bonds. The van der Waals surface area contributed by atoms with Crippen LogP contribution in [0.4, 0.5) is 22.0 Å². The zero-order valence-corrected chi connectivity index (χ0v) is 24.9. The first-order chi connectivity index (χ1) is 22.5. The molecule has 0 spiro atoms. The van der Waals surface area contributed by atoms with Gasteiger partial charge in [-0.2, -0.15) is 8.78 Å². The van der Waals surface area contributed by atoms with Crippen LogP contribution in [0, 0.1) is 29.1 Å². The average molecular weight is 690 g/mol. The van der Waals surface area contributed by atoms with Crippen LogP contribution in [0.3, 0.4) is 0 Å². The van der Waals surface area contributed by atoms with Crippen LogP contribution in [0.5, 0.6) is 5.75 Å². The van der Waals surface area contributed by atoms with Gasteiger partial charge in [0.25, 0.3) is 0 Å². The lowest BCUT2D eigenvalue weighted by Crippen LogP contribution is -2.59. The van der Waals surface area contributed by atoms with Gasteiger partial charge in [0.1, 0.15) is 24.4 Å². The molecule has 0 radical (unpaired) electrons. The van der Waals surface area contributed by atoms with Gasteiger partial charge in [0, 0.05) is 12.6 Å². The third kappa shape index (κ3) is 11.6. The van der Waals surface area contributed by atoms with E-state index in [0.29, 0.717) is 38.5 Å². The first kappa shape index (κ1) is 38.5. The Morgan fingerprint density at radius 1 is 0.766 bits per heavy atom. The lowest BCUT2D eigenvalue weighted by atomic mass is 9.99. The van der Waals surface area contributed by atoms with Crippen LogP contribution in [-0.4, -0.2) is 138 Å². The summed E-state index contributed by atoms with van der Waals surface area (Å²) in [5.41, 5.74) is 0.594. The van der Waals surface area contributed by atoms with Gasteiger partial charge in [0.05, 0.1) is 84.7 Å². The number of esters is 1. The Morgan fingerprint density at radius 3 is 1.91 bits per heavy atom. The van der Waals surface area contributed by atoms with E-state index in [1.165, 1.54) is 0 Å². The summed E-state index contributed by atoms with van der Waals surface area (Å²) in [6.07, 6.45) is -5.25. The zero-order chi connectivity index (χ0) is 34.3. The van der Waals surface area contributed by atoms with Crippen LogP contribution in [0.1, 0.15) is 12.1 Å². The van der Waals surface area contributed by atoms with E-state index in [2.05, 4.69) is 15.0 Å². The molecule has 5 atom stereocenters. The number of ether oxygens (including phenoxy) is 7. The summed E-state index contributed by atoms with van der Waals surface area (Å²) in [6, 6.07) is 0. The molecule has 47 heavy (non-hydrogen) atoms. The van der Waals surface area contributed by atoms with Crippen molar-refractivity contribution in [3.8, 4) is 5.75 Å². The van der Waals surface area contributed by atoms with Gasteiger partial charge < -0.3 is 53.6 Å². The highest BCUT2D eigenvalue weighted by molar-refractivity contribution is 5.72. The third-order valence-corrected chi connectivity index (χ3v) is 6.49. The van der Waals surface area contributed by atoms with Crippen LogP contribution in [0.15, 0.2) is 6.20 Å². The first-order valence-corrected chi connectivity index (χ1v) is 14.4. The highest BCUT2D eigenvalue weighted by Crippen LogP contribution is 2.29. The van der Waals surface area contributed by atoms with Crippen molar-refractivity contribution in [2.75, 3.05) is 66.1 Å². The maximum absolute atomic E-state index is 13.5. The number of halogens is 5. The van der Waals surface area contributed by atoms with Gasteiger partial charge in [0.2, 0.25) is 34.8 Å². The molecule has 1 fully saturated rings. The molecular weight excluding hydrogens is 653 g/mol. The Bertz CT molecular complexity index is 1230. The van der Waals surface area contributed by atoms with Gasteiger partial charge in [-0.15, -0.1) is 5.10 Å². The summed E-state index contributed by atoms with van der Waals surface area (Å²) < 4.78 is 104. The average Bonchev–Trinajstić information content (AvgIpc) is 3.52. The van der Waals surface area contributed by atoms with E-state index >= 15 is 0 Å². The standard InChI is InChI=1S/C27H36F5N3O12/c28-18-19(29)21(31)26(22(32)20(18)30)47-17(37)2-4-41-7-9-43-11-12-44-10-8-42-6-3-35-13-15(33-34-35)1-5-45-27-25(40)24(39)23(38)16(14-36)46-27/h13,16,23-25,27,36,38-40H,1-12,14H2/t16-,23-,24+,25+,27+/m1/s1. The molecule has 0 bridgehead atoms. The number of aliphatic hydroxyl groups is 4. The predicted octanol–water partition coefficient (Wildman–Crippen LogP) is -0.605.